The van der Waals surface area contributed by atoms with Crippen LogP contribution in [0.5, 0.6) is 0 Å². The first-order valence-electron chi connectivity index (χ1n) is 4.49. The summed E-state index contributed by atoms with van der Waals surface area (Å²) in [7, 11) is 0. The minimum absolute atomic E-state index is 0.0873. The molecule has 0 amide bonds. The number of rotatable bonds is 2. The van der Waals surface area contributed by atoms with Crippen molar-refractivity contribution in [3.8, 4) is 6.19 Å². The zero-order valence-electron chi connectivity index (χ0n) is 9.07. The van der Waals surface area contributed by atoms with Gasteiger partial charge in [-0.15, -0.1) is 0 Å². The number of carboxylic acids is 1. The van der Waals surface area contributed by atoms with Crippen molar-refractivity contribution in [2.24, 2.45) is 4.99 Å². The van der Waals surface area contributed by atoms with E-state index in [2.05, 4.69) is 10.3 Å². The van der Waals surface area contributed by atoms with Gasteiger partial charge in [0.15, 0.2) is 11.4 Å². The first kappa shape index (κ1) is 14.6. The Hall–Kier alpha value is -1.42. The average molecular weight is 304 g/mol. The maximum absolute atomic E-state index is 11.0. The van der Waals surface area contributed by atoms with Crippen LogP contribution in [-0.4, -0.2) is 22.5 Å². The number of halogens is 2. The fourth-order valence-corrected chi connectivity index (χ4v) is 1.74. The van der Waals surface area contributed by atoms with Gasteiger partial charge in [0.25, 0.3) is 0 Å². The summed E-state index contributed by atoms with van der Waals surface area (Å²) in [4.78, 5) is 15.1. The first-order chi connectivity index (χ1) is 8.49. The number of hydrogen-bond donors (Lipinski definition) is 2. The molecule has 0 aromatic heterocycles. The molecule has 2 N–H and O–H groups in total. The van der Waals surface area contributed by atoms with E-state index in [-0.39, 0.29) is 26.5 Å². The summed E-state index contributed by atoms with van der Waals surface area (Å²) in [6.45, 7) is 0. The van der Waals surface area contributed by atoms with Crippen LogP contribution < -0.4 is 5.32 Å². The van der Waals surface area contributed by atoms with Crippen molar-refractivity contribution in [3.63, 3.8) is 0 Å². The molecule has 0 atom stereocenters. The van der Waals surface area contributed by atoms with Crippen molar-refractivity contribution in [1.82, 2.24) is 5.32 Å². The van der Waals surface area contributed by atoms with Crippen LogP contribution in [-0.2, 0) is 0 Å². The van der Waals surface area contributed by atoms with Gasteiger partial charge in [-0.3, -0.25) is 5.32 Å². The molecule has 0 aliphatic rings. The van der Waals surface area contributed by atoms with Crippen LogP contribution in [0, 0.1) is 11.5 Å². The van der Waals surface area contributed by atoms with Gasteiger partial charge >= 0.3 is 5.97 Å². The summed E-state index contributed by atoms with van der Waals surface area (Å²) in [5.74, 6) is -1.18. The van der Waals surface area contributed by atoms with E-state index in [1.54, 1.807) is 12.4 Å². The topological polar surface area (TPSA) is 85.5 Å². The highest BCUT2D eigenvalue weighted by molar-refractivity contribution is 8.13. The van der Waals surface area contributed by atoms with Crippen molar-refractivity contribution in [3.05, 3.63) is 27.7 Å². The van der Waals surface area contributed by atoms with Gasteiger partial charge in [0, 0.05) is 0 Å². The number of amidine groups is 1. The summed E-state index contributed by atoms with van der Waals surface area (Å²) in [6, 6.07) is 2.55. The van der Waals surface area contributed by atoms with Crippen LogP contribution in [0.25, 0.3) is 0 Å². The van der Waals surface area contributed by atoms with Gasteiger partial charge in [-0.25, -0.2) is 9.79 Å². The molecule has 0 aliphatic heterocycles. The monoisotopic (exact) mass is 303 g/mol. The molecule has 0 saturated heterocycles. The Bertz CT molecular complexity index is 555. The summed E-state index contributed by atoms with van der Waals surface area (Å²) in [5, 5.41) is 20.5. The van der Waals surface area contributed by atoms with Crippen LogP contribution in [0.1, 0.15) is 10.4 Å². The largest absolute Gasteiger partial charge is 0.478 e. The predicted molar refractivity (Wildman–Crippen MR) is 72.8 cm³/mol. The molecule has 0 spiro atoms. The third-order valence-corrected chi connectivity index (χ3v) is 3.15. The SMILES string of the molecule is CSC(=Nc1cc(Cl)c(Cl)cc1C(=O)O)NC#N. The second-order valence-electron chi connectivity index (χ2n) is 2.95. The van der Waals surface area contributed by atoms with E-state index in [1.165, 1.54) is 23.9 Å². The zero-order valence-corrected chi connectivity index (χ0v) is 11.4. The molecule has 18 heavy (non-hydrogen) atoms. The predicted octanol–water partition coefficient (Wildman–Crippen LogP) is 3.11. The Morgan fingerprint density at radius 2 is 2.11 bits per heavy atom. The van der Waals surface area contributed by atoms with Crippen LogP contribution >= 0.6 is 35.0 Å². The minimum Gasteiger partial charge on any atom is -0.478 e. The Morgan fingerprint density at radius 1 is 1.50 bits per heavy atom. The standard InChI is InChI=1S/C10H7Cl2N3O2S/c1-18-10(14-4-13)15-8-3-7(12)6(11)2-5(8)9(16)17/h2-3H,1H3,(H,14,15)(H,16,17). The highest BCUT2D eigenvalue weighted by atomic mass is 35.5. The van der Waals surface area contributed by atoms with E-state index in [0.717, 1.165) is 0 Å². The van der Waals surface area contributed by atoms with Gasteiger partial charge in [-0.1, -0.05) is 35.0 Å². The maximum Gasteiger partial charge on any atom is 0.337 e. The van der Waals surface area contributed by atoms with Gasteiger partial charge in [0.1, 0.15) is 0 Å². The summed E-state index contributed by atoms with van der Waals surface area (Å²) >= 11 is 12.7. The summed E-state index contributed by atoms with van der Waals surface area (Å²) in [6.07, 6.45) is 3.40. The molecule has 1 aromatic rings. The Morgan fingerprint density at radius 3 is 2.61 bits per heavy atom. The quantitative estimate of drug-likeness (QED) is 0.379. The van der Waals surface area contributed by atoms with Crippen LogP contribution in [0.2, 0.25) is 10.0 Å². The number of nitrogens with zero attached hydrogens (tertiary/aromatic N) is 2. The summed E-state index contributed by atoms with van der Waals surface area (Å²) < 4.78 is 0. The van der Waals surface area contributed by atoms with Crippen molar-refractivity contribution in [2.45, 2.75) is 0 Å². The maximum atomic E-state index is 11.0. The van der Waals surface area contributed by atoms with E-state index in [1.807, 2.05) is 0 Å². The molecule has 0 bridgehead atoms. The summed E-state index contributed by atoms with van der Waals surface area (Å²) in [5.41, 5.74) is 0.0414. The third-order valence-electron chi connectivity index (χ3n) is 1.85. The van der Waals surface area contributed by atoms with E-state index in [0.29, 0.717) is 0 Å². The number of nitrogens with one attached hydrogen (secondary N) is 1. The number of benzene rings is 1. The fraction of sp³-hybridized carbons (Fsp3) is 0.100. The Balaban J connectivity index is 3.35. The second kappa shape index (κ2) is 6.50. The van der Waals surface area contributed by atoms with Crippen LogP contribution in [0.3, 0.4) is 0 Å². The first-order valence-corrected chi connectivity index (χ1v) is 6.47. The Kier molecular flexibility index (Phi) is 5.28. The van der Waals surface area contributed by atoms with Gasteiger partial charge in [0.2, 0.25) is 0 Å². The van der Waals surface area contributed by atoms with Crippen LogP contribution in [0.15, 0.2) is 17.1 Å². The number of carbonyl (C=O) groups is 1. The molecule has 0 unspecified atom stereocenters. The molecular formula is C10H7Cl2N3O2S. The molecule has 0 saturated carbocycles. The van der Waals surface area contributed by atoms with Crippen molar-refractivity contribution in [2.75, 3.05) is 6.26 Å². The van der Waals surface area contributed by atoms with Crippen LogP contribution in [0.4, 0.5) is 5.69 Å². The number of thioether (sulfide) groups is 1. The van der Waals surface area contributed by atoms with E-state index < -0.39 is 5.97 Å². The van der Waals surface area contributed by atoms with Gasteiger partial charge in [-0.05, 0) is 18.4 Å². The number of nitriles is 1. The van der Waals surface area contributed by atoms with Gasteiger partial charge < -0.3 is 5.11 Å². The lowest BCUT2D eigenvalue weighted by molar-refractivity contribution is 0.0698. The second-order valence-corrected chi connectivity index (χ2v) is 4.56. The fourth-order valence-electron chi connectivity index (χ4n) is 1.08. The Labute approximate surface area is 117 Å². The van der Waals surface area contributed by atoms with Crippen molar-refractivity contribution in [1.29, 1.82) is 5.26 Å². The molecule has 1 rings (SSSR count). The number of carboxylic acid groups (broad SMARTS) is 1. The lowest BCUT2D eigenvalue weighted by atomic mass is 10.2. The molecule has 0 aliphatic carbocycles. The number of aromatic carboxylic acids is 1. The highest BCUT2D eigenvalue weighted by Gasteiger charge is 2.14. The molecular weight excluding hydrogens is 297 g/mol. The van der Waals surface area contributed by atoms with E-state index in [9.17, 15) is 4.79 Å². The lowest BCUT2D eigenvalue weighted by Crippen LogP contribution is -2.12. The lowest BCUT2D eigenvalue weighted by Gasteiger charge is -2.05. The average Bonchev–Trinajstić information content (AvgIpc) is 2.32. The van der Waals surface area contributed by atoms with Crippen molar-refractivity contribution >= 4 is 51.8 Å². The molecule has 94 valence electrons. The molecule has 1 aromatic carbocycles. The van der Waals surface area contributed by atoms with Gasteiger partial charge in [-0.2, -0.15) is 5.26 Å². The minimum atomic E-state index is -1.18. The third kappa shape index (κ3) is 3.53. The van der Waals surface area contributed by atoms with Crippen molar-refractivity contribution < 1.29 is 9.90 Å². The molecule has 0 heterocycles. The van der Waals surface area contributed by atoms with Gasteiger partial charge in [0.05, 0.1) is 21.3 Å². The molecule has 8 heteroatoms. The molecule has 5 nitrogen and oxygen atoms in total. The number of aliphatic imine (C=N–C) groups is 1. The molecule has 0 fully saturated rings. The highest BCUT2D eigenvalue weighted by Crippen LogP contribution is 2.31. The zero-order chi connectivity index (χ0) is 13.7. The smallest absolute Gasteiger partial charge is 0.337 e. The van der Waals surface area contributed by atoms with E-state index in [4.69, 9.17) is 33.6 Å². The normalized spacial score (nSPS) is 10.9. The number of hydrogen-bond acceptors (Lipinski definition) is 4. The molecule has 0 radical (unpaired) electrons. The van der Waals surface area contributed by atoms with E-state index >= 15 is 0 Å².